The Morgan fingerprint density at radius 3 is 2.50 bits per heavy atom. The lowest BCUT2D eigenvalue weighted by Gasteiger charge is -1.96. The van der Waals surface area contributed by atoms with Crippen LogP contribution in [0.15, 0.2) is 0 Å². The van der Waals surface area contributed by atoms with Crippen LogP contribution in [0, 0.1) is 17.0 Å². The largest absolute Gasteiger partial charge is 0.333 e. The van der Waals surface area contributed by atoms with Gasteiger partial charge in [0.2, 0.25) is 0 Å². The average Bonchev–Trinajstić information content (AvgIpc) is 1.67. The van der Waals surface area contributed by atoms with Gasteiger partial charge in [-0.3, -0.25) is 10.1 Å². The lowest BCUT2D eigenvalue weighted by Crippen LogP contribution is -2.17. The third-order valence-corrected chi connectivity index (χ3v) is 0.706. The zero-order chi connectivity index (χ0) is 6.57. The van der Waals surface area contributed by atoms with Crippen molar-refractivity contribution in [1.82, 2.24) is 0 Å². The predicted octanol–water partition coefficient (Wildman–Crippen LogP) is 0.196. The summed E-state index contributed by atoms with van der Waals surface area (Å²) in [6, 6.07) is 0. The molecular formula is C4H8NO3. The molecular weight excluding hydrogens is 110 g/mol. The van der Waals surface area contributed by atoms with Gasteiger partial charge in [-0.05, 0) is 6.42 Å². The van der Waals surface area contributed by atoms with Gasteiger partial charge in [0, 0.05) is 6.42 Å². The molecule has 0 saturated heterocycles. The van der Waals surface area contributed by atoms with E-state index in [1.54, 1.807) is 0 Å². The number of hydrogen-bond acceptors (Lipinski definition) is 3. The smallest absolute Gasteiger partial charge is 0.312 e. The second kappa shape index (κ2) is 3.37. The Morgan fingerprint density at radius 1 is 1.88 bits per heavy atom. The molecule has 0 aliphatic carbocycles. The first-order valence-electron chi connectivity index (χ1n) is 2.29. The van der Waals surface area contributed by atoms with Gasteiger partial charge in [0.1, 0.15) is 0 Å². The third-order valence-electron chi connectivity index (χ3n) is 0.706. The van der Waals surface area contributed by atoms with E-state index in [2.05, 4.69) is 6.92 Å². The highest BCUT2D eigenvalue weighted by atomic mass is 16.7. The molecule has 0 rings (SSSR count). The summed E-state index contributed by atoms with van der Waals surface area (Å²) in [6.45, 7) is 3.34. The summed E-state index contributed by atoms with van der Waals surface area (Å²) >= 11 is 0. The molecule has 4 nitrogen and oxygen atoms in total. The van der Waals surface area contributed by atoms with Crippen LogP contribution >= 0.6 is 0 Å². The first kappa shape index (κ1) is 7.36. The van der Waals surface area contributed by atoms with Crippen LogP contribution in [0.4, 0.5) is 0 Å². The molecule has 0 aromatic rings. The molecule has 0 aliphatic heterocycles. The molecule has 47 valence electrons. The van der Waals surface area contributed by atoms with Crippen LogP contribution in [0.2, 0.25) is 0 Å². The number of aliphatic hydroxyl groups excluding tert-OH is 1. The molecule has 1 N–H and O–H groups in total. The summed E-state index contributed by atoms with van der Waals surface area (Å²) in [5.41, 5.74) is 0. The van der Waals surface area contributed by atoms with Gasteiger partial charge < -0.3 is 5.11 Å². The predicted molar refractivity (Wildman–Crippen MR) is 27.6 cm³/mol. The number of nitro groups is 1. The van der Waals surface area contributed by atoms with Crippen molar-refractivity contribution in [2.24, 2.45) is 0 Å². The monoisotopic (exact) mass is 118 g/mol. The van der Waals surface area contributed by atoms with Gasteiger partial charge in [0.15, 0.2) is 0 Å². The van der Waals surface area contributed by atoms with Crippen molar-refractivity contribution in [2.75, 3.05) is 0 Å². The van der Waals surface area contributed by atoms with Crippen molar-refractivity contribution in [3.8, 4) is 0 Å². The summed E-state index contributed by atoms with van der Waals surface area (Å²) in [5.74, 6) is 0. The molecule has 0 spiro atoms. The summed E-state index contributed by atoms with van der Waals surface area (Å²) < 4.78 is 0. The van der Waals surface area contributed by atoms with Crippen molar-refractivity contribution in [3.63, 3.8) is 0 Å². The zero-order valence-electron chi connectivity index (χ0n) is 4.41. The molecule has 0 amide bonds. The minimum absolute atomic E-state index is 0.132. The van der Waals surface area contributed by atoms with Crippen LogP contribution in [0.5, 0.6) is 0 Å². The van der Waals surface area contributed by atoms with Gasteiger partial charge in [-0.25, -0.2) is 0 Å². The van der Waals surface area contributed by atoms with Gasteiger partial charge in [-0.2, -0.15) is 0 Å². The van der Waals surface area contributed by atoms with Crippen LogP contribution in [0.3, 0.4) is 0 Å². The van der Waals surface area contributed by atoms with E-state index in [1.807, 2.05) is 0 Å². The zero-order valence-corrected chi connectivity index (χ0v) is 4.41. The topological polar surface area (TPSA) is 63.4 Å². The van der Waals surface area contributed by atoms with Crippen LogP contribution in [0.1, 0.15) is 12.8 Å². The van der Waals surface area contributed by atoms with Gasteiger partial charge in [0.25, 0.3) is 0 Å². The summed E-state index contributed by atoms with van der Waals surface area (Å²) in [6.07, 6.45) is -0.901. The van der Waals surface area contributed by atoms with Crippen molar-refractivity contribution in [3.05, 3.63) is 17.0 Å². The van der Waals surface area contributed by atoms with Crippen LogP contribution in [-0.4, -0.2) is 16.3 Å². The second-order valence-electron chi connectivity index (χ2n) is 1.41. The average molecular weight is 118 g/mol. The first-order valence-corrected chi connectivity index (χ1v) is 2.29. The molecule has 0 heterocycles. The standard InChI is InChI=1S/C4H8NO3/c1-2-3-4(6)5(7)8/h4,6H,1-3H2. The Morgan fingerprint density at radius 2 is 2.38 bits per heavy atom. The number of nitrogens with zero attached hydrogens (tertiary/aromatic N) is 1. The van der Waals surface area contributed by atoms with Gasteiger partial charge >= 0.3 is 6.23 Å². The Kier molecular flexibility index (Phi) is 3.10. The fourth-order valence-electron chi connectivity index (χ4n) is 0.288. The number of aliphatic hydroxyl groups is 1. The lowest BCUT2D eigenvalue weighted by molar-refractivity contribution is -0.571. The van der Waals surface area contributed by atoms with E-state index in [1.165, 1.54) is 0 Å². The summed E-state index contributed by atoms with van der Waals surface area (Å²) in [4.78, 5) is 8.89. The molecule has 8 heavy (non-hydrogen) atoms. The lowest BCUT2D eigenvalue weighted by atomic mass is 10.3. The Balaban J connectivity index is 3.32. The van der Waals surface area contributed by atoms with E-state index in [0.717, 1.165) is 0 Å². The highest BCUT2D eigenvalue weighted by molar-refractivity contribution is 4.42. The van der Waals surface area contributed by atoms with E-state index in [0.29, 0.717) is 6.42 Å². The molecule has 0 aromatic heterocycles. The summed E-state index contributed by atoms with van der Waals surface area (Å²) in [7, 11) is 0. The van der Waals surface area contributed by atoms with Crippen molar-refractivity contribution < 1.29 is 10.0 Å². The number of rotatable bonds is 3. The minimum atomic E-state index is -1.42. The van der Waals surface area contributed by atoms with E-state index >= 15 is 0 Å². The first-order chi connectivity index (χ1) is 3.68. The Labute approximate surface area is 47.3 Å². The van der Waals surface area contributed by atoms with Gasteiger partial charge in [-0.15, -0.1) is 0 Å². The maximum atomic E-state index is 9.62. The highest BCUT2D eigenvalue weighted by Gasteiger charge is 2.11. The Hall–Kier alpha value is -0.640. The maximum Gasteiger partial charge on any atom is 0.312 e. The van der Waals surface area contributed by atoms with E-state index in [4.69, 9.17) is 5.11 Å². The molecule has 0 aliphatic rings. The molecule has 1 radical (unpaired) electrons. The van der Waals surface area contributed by atoms with E-state index in [-0.39, 0.29) is 6.42 Å². The van der Waals surface area contributed by atoms with Crippen molar-refractivity contribution in [1.29, 1.82) is 0 Å². The Bertz CT molecular complexity index is 83.4. The molecule has 0 bridgehead atoms. The normalized spacial score (nSPS) is 13.2. The van der Waals surface area contributed by atoms with Gasteiger partial charge in [-0.1, -0.05) is 6.92 Å². The quantitative estimate of drug-likeness (QED) is 0.327. The minimum Gasteiger partial charge on any atom is -0.333 e. The molecule has 0 aromatic carbocycles. The fraction of sp³-hybridized carbons (Fsp3) is 0.750. The highest BCUT2D eigenvalue weighted by Crippen LogP contribution is 1.94. The molecule has 0 saturated carbocycles. The summed E-state index contributed by atoms with van der Waals surface area (Å²) in [5, 5.41) is 18.0. The molecule has 4 heteroatoms. The number of hydrogen-bond donors (Lipinski definition) is 1. The maximum absolute atomic E-state index is 9.62. The fourth-order valence-corrected chi connectivity index (χ4v) is 0.288. The van der Waals surface area contributed by atoms with E-state index in [9.17, 15) is 10.1 Å². The van der Waals surface area contributed by atoms with Crippen LogP contribution < -0.4 is 0 Å². The van der Waals surface area contributed by atoms with Crippen LogP contribution in [0.25, 0.3) is 0 Å². The van der Waals surface area contributed by atoms with Crippen molar-refractivity contribution in [2.45, 2.75) is 19.1 Å². The second-order valence-corrected chi connectivity index (χ2v) is 1.41. The van der Waals surface area contributed by atoms with Crippen LogP contribution in [-0.2, 0) is 0 Å². The molecule has 1 atom stereocenters. The SMILES string of the molecule is [CH2]CCC(O)[N+](=O)[O-]. The van der Waals surface area contributed by atoms with Gasteiger partial charge in [0.05, 0.1) is 4.92 Å². The van der Waals surface area contributed by atoms with E-state index < -0.39 is 11.2 Å². The van der Waals surface area contributed by atoms with Crippen molar-refractivity contribution >= 4 is 0 Å². The molecule has 0 fully saturated rings. The molecule has 1 unspecified atom stereocenters. The third kappa shape index (κ3) is 2.52.